The van der Waals surface area contributed by atoms with Crippen LogP contribution in [-0.2, 0) is 9.53 Å². The smallest absolute Gasteiger partial charge is 0.307 e. The van der Waals surface area contributed by atoms with E-state index >= 15 is 0 Å². The molecular formula is C14H21NO2. The van der Waals surface area contributed by atoms with Crippen LogP contribution in [0.4, 0.5) is 0 Å². The molecule has 1 aromatic carbocycles. The standard InChI is InChI=1S/C14H21NO2/c1-4-17-14(16)10-11(2)15-12(3)13-8-6-5-7-9-13/h5-9,11-12,15H,4,10H2,1-3H3/t11-,12+/m0/s1. The Morgan fingerprint density at radius 1 is 1.29 bits per heavy atom. The maximum absolute atomic E-state index is 11.3. The Labute approximate surface area is 103 Å². The van der Waals surface area contributed by atoms with Crippen molar-refractivity contribution in [2.24, 2.45) is 0 Å². The van der Waals surface area contributed by atoms with Gasteiger partial charge in [0.1, 0.15) is 0 Å². The first-order valence-electron chi connectivity index (χ1n) is 6.10. The van der Waals surface area contributed by atoms with E-state index in [-0.39, 0.29) is 18.1 Å². The Bertz CT molecular complexity index is 337. The molecule has 0 aliphatic carbocycles. The summed E-state index contributed by atoms with van der Waals surface area (Å²) in [4.78, 5) is 11.3. The highest BCUT2D eigenvalue weighted by Gasteiger charge is 2.13. The Balaban J connectivity index is 2.41. The first-order chi connectivity index (χ1) is 8.13. The molecule has 0 aliphatic rings. The summed E-state index contributed by atoms with van der Waals surface area (Å²) in [6.07, 6.45) is 0.408. The van der Waals surface area contributed by atoms with E-state index in [9.17, 15) is 4.79 Å². The summed E-state index contributed by atoms with van der Waals surface area (Å²) in [5.41, 5.74) is 1.23. The molecule has 0 spiro atoms. The maximum Gasteiger partial charge on any atom is 0.307 e. The SMILES string of the molecule is CCOC(=O)C[C@H](C)N[C@H](C)c1ccccc1. The summed E-state index contributed by atoms with van der Waals surface area (Å²) in [7, 11) is 0. The predicted octanol–water partition coefficient (Wildman–Crippen LogP) is 2.68. The van der Waals surface area contributed by atoms with E-state index in [1.165, 1.54) is 5.56 Å². The second-order valence-electron chi connectivity index (χ2n) is 4.21. The molecule has 3 nitrogen and oxygen atoms in total. The minimum absolute atomic E-state index is 0.115. The van der Waals surface area contributed by atoms with Crippen molar-refractivity contribution in [1.29, 1.82) is 0 Å². The number of carbonyl (C=O) groups excluding carboxylic acids is 1. The number of ether oxygens (including phenoxy) is 1. The quantitative estimate of drug-likeness (QED) is 0.770. The van der Waals surface area contributed by atoms with Gasteiger partial charge in [0, 0.05) is 12.1 Å². The highest BCUT2D eigenvalue weighted by atomic mass is 16.5. The predicted molar refractivity (Wildman–Crippen MR) is 68.7 cm³/mol. The molecule has 0 fully saturated rings. The van der Waals surface area contributed by atoms with Gasteiger partial charge in [-0.1, -0.05) is 30.3 Å². The number of benzene rings is 1. The third kappa shape index (κ3) is 5.00. The number of nitrogens with one attached hydrogen (secondary N) is 1. The zero-order chi connectivity index (χ0) is 12.7. The fourth-order valence-electron chi connectivity index (χ4n) is 1.79. The molecule has 17 heavy (non-hydrogen) atoms. The number of hydrogen-bond acceptors (Lipinski definition) is 3. The Hall–Kier alpha value is -1.35. The van der Waals surface area contributed by atoms with Gasteiger partial charge in [0.05, 0.1) is 13.0 Å². The van der Waals surface area contributed by atoms with Crippen molar-refractivity contribution < 1.29 is 9.53 Å². The average molecular weight is 235 g/mol. The maximum atomic E-state index is 11.3. The summed E-state index contributed by atoms with van der Waals surface area (Å²) in [5, 5.41) is 3.38. The molecule has 2 atom stereocenters. The van der Waals surface area contributed by atoms with Crippen LogP contribution in [-0.4, -0.2) is 18.6 Å². The third-order valence-electron chi connectivity index (χ3n) is 2.61. The van der Waals surface area contributed by atoms with Gasteiger partial charge in [0.2, 0.25) is 0 Å². The van der Waals surface area contributed by atoms with Crippen molar-refractivity contribution in [1.82, 2.24) is 5.32 Å². The summed E-state index contributed by atoms with van der Waals surface area (Å²) in [5.74, 6) is -0.146. The highest BCUT2D eigenvalue weighted by Crippen LogP contribution is 2.12. The molecule has 0 radical (unpaired) electrons. The monoisotopic (exact) mass is 235 g/mol. The number of hydrogen-bond donors (Lipinski definition) is 1. The van der Waals surface area contributed by atoms with Gasteiger partial charge in [-0.05, 0) is 26.3 Å². The van der Waals surface area contributed by atoms with Crippen molar-refractivity contribution in [2.75, 3.05) is 6.61 Å². The number of esters is 1. The van der Waals surface area contributed by atoms with Crippen LogP contribution in [0.15, 0.2) is 30.3 Å². The second kappa shape index (κ2) is 7.07. The van der Waals surface area contributed by atoms with Crippen LogP contribution >= 0.6 is 0 Å². The fraction of sp³-hybridized carbons (Fsp3) is 0.500. The van der Waals surface area contributed by atoms with Crippen molar-refractivity contribution in [3.8, 4) is 0 Å². The summed E-state index contributed by atoms with van der Waals surface area (Å²) in [6, 6.07) is 10.5. The van der Waals surface area contributed by atoms with Gasteiger partial charge in [-0.15, -0.1) is 0 Å². The average Bonchev–Trinajstić information content (AvgIpc) is 2.30. The Morgan fingerprint density at radius 3 is 2.53 bits per heavy atom. The van der Waals surface area contributed by atoms with E-state index < -0.39 is 0 Å². The van der Waals surface area contributed by atoms with Gasteiger partial charge in [-0.25, -0.2) is 0 Å². The highest BCUT2D eigenvalue weighted by molar-refractivity contribution is 5.70. The molecule has 0 aliphatic heterocycles. The van der Waals surface area contributed by atoms with Gasteiger partial charge in [0.15, 0.2) is 0 Å². The molecule has 0 aromatic heterocycles. The minimum Gasteiger partial charge on any atom is -0.466 e. The molecule has 0 saturated heterocycles. The largest absolute Gasteiger partial charge is 0.466 e. The van der Waals surface area contributed by atoms with Crippen LogP contribution < -0.4 is 5.32 Å². The molecular weight excluding hydrogens is 214 g/mol. The first-order valence-corrected chi connectivity index (χ1v) is 6.10. The Kier molecular flexibility index (Phi) is 5.70. The van der Waals surface area contributed by atoms with E-state index in [1.807, 2.05) is 32.0 Å². The molecule has 0 heterocycles. The van der Waals surface area contributed by atoms with Gasteiger partial charge in [0.25, 0.3) is 0 Å². The lowest BCUT2D eigenvalue weighted by Gasteiger charge is -2.19. The minimum atomic E-state index is -0.146. The van der Waals surface area contributed by atoms with E-state index in [0.29, 0.717) is 13.0 Å². The summed E-state index contributed by atoms with van der Waals surface area (Å²) >= 11 is 0. The zero-order valence-corrected chi connectivity index (χ0v) is 10.8. The van der Waals surface area contributed by atoms with Gasteiger partial charge in [-0.2, -0.15) is 0 Å². The van der Waals surface area contributed by atoms with Crippen LogP contribution in [0, 0.1) is 0 Å². The molecule has 0 unspecified atom stereocenters. The van der Waals surface area contributed by atoms with Gasteiger partial charge in [-0.3, -0.25) is 4.79 Å². The van der Waals surface area contributed by atoms with E-state index in [2.05, 4.69) is 24.4 Å². The van der Waals surface area contributed by atoms with Crippen LogP contribution in [0.5, 0.6) is 0 Å². The van der Waals surface area contributed by atoms with E-state index in [0.717, 1.165) is 0 Å². The summed E-state index contributed by atoms with van der Waals surface area (Å²) < 4.78 is 4.92. The van der Waals surface area contributed by atoms with Gasteiger partial charge < -0.3 is 10.1 Å². The third-order valence-corrected chi connectivity index (χ3v) is 2.61. The van der Waals surface area contributed by atoms with E-state index in [4.69, 9.17) is 4.74 Å². The van der Waals surface area contributed by atoms with Gasteiger partial charge >= 0.3 is 5.97 Å². The normalized spacial score (nSPS) is 14.1. The topological polar surface area (TPSA) is 38.3 Å². The van der Waals surface area contributed by atoms with Crippen molar-refractivity contribution in [3.05, 3.63) is 35.9 Å². The molecule has 1 N–H and O–H groups in total. The molecule has 94 valence electrons. The molecule has 0 bridgehead atoms. The summed E-state index contributed by atoms with van der Waals surface area (Å²) in [6.45, 7) is 6.36. The molecule has 1 aromatic rings. The lowest BCUT2D eigenvalue weighted by Crippen LogP contribution is -2.31. The van der Waals surface area contributed by atoms with Crippen LogP contribution in [0.1, 0.15) is 38.8 Å². The van der Waals surface area contributed by atoms with Crippen molar-refractivity contribution in [3.63, 3.8) is 0 Å². The van der Waals surface area contributed by atoms with Crippen molar-refractivity contribution >= 4 is 5.97 Å². The molecule has 3 heteroatoms. The van der Waals surface area contributed by atoms with Crippen LogP contribution in [0.2, 0.25) is 0 Å². The number of carbonyl (C=O) groups is 1. The lowest BCUT2D eigenvalue weighted by atomic mass is 10.1. The molecule has 0 saturated carbocycles. The Morgan fingerprint density at radius 2 is 1.94 bits per heavy atom. The molecule has 1 rings (SSSR count). The lowest BCUT2D eigenvalue weighted by molar-refractivity contribution is -0.143. The second-order valence-corrected chi connectivity index (χ2v) is 4.21. The number of rotatable bonds is 6. The molecule has 0 amide bonds. The van der Waals surface area contributed by atoms with Crippen LogP contribution in [0.3, 0.4) is 0 Å². The zero-order valence-electron chi connectivity index (χ0n) is 10.8. The van der Waals surface area contributed by atoms with Crippen LogP contribution in [0.25, 0.3) is 0 Å². The van der Waals surface area contributed by atoms with Crippen molar-refractivity contribution in [2.45, 2.75) is 39.3 Å². The first kappa shape index (κ1) is 13.7. The van der Waals surface area contributed by atoms with E-state index in [1.54, 1.807) is 0 Å². The fourth-order valence-corrected chi connectivity index (χ4v) is 1.79.